The Balaban J connectivity index is 1.67. The number of fused-ring (bicyclic) bond motifs is 1. The molecule has 0 spiro atoms. The van der Waals surface area contributed by atoms with E-state index in [-0.39, 0.29) is 0 Å². The highest BCUT2D eigenvalue weighted by Crippen LogP contribution is 2.38. The van der Waals surface area contributed by atoms with E-state index in [0.29, 0.717) is 11.8 Å². The van der Waals surface area contributed by atoms with E-state index in [4.69, 9.17) is 0 Å². The van der Waals surface area contributed by atoms with Crippen LogP contribution in [0, 0.1) is 13.8 Å². The molecule has 1 aromatic carbocycles. The van der Waals surface area contributed by atoms with Gasteiger partial charge in [-0.15, -0.1) is 0 Å². The number of benzene rings is 1. The van der Waals surface area contributed by atoms with Crippen molar-refractivity contribution in [2.24, 2.45) is 0 Å². The summed E-state index contributed by atoms with van der Waals surface area (Å²) in [6, 6.07) is 10.5. The number of hydrogen-bond donors (Lipinski definition) is 1. The summed E-state index contributed by atoms with van der Waals surface area (Å²) in [6.07, 6.45) is 1.89. The fourth-order valence-electron chi connectivity index (χ4n) is 5.12. The van der Waals surface area contributed by atoms with Crippen molar-refractivity contribution >= 4 is 10.9 Å². The van der Waals surface area contributed by atoms with Crippen molar-refractivity contribution in [2.45, 2.75) is 58.4 Å². The van der Waals surface area contributed by atoms with Gasteiger partial charge in [0.05, 0.1) is 11.7 Å². The van der Waals surface area contributed by atoms with Gasteiger partial charge in [0.2, 0.25) is 0 Å². The molecule has 3 nitrogen and oxygen atoms in total. The molecule has 1 saturated heterocycles. The van der Waals surface area contributed by atoms with Crippen LogP contribution in [0.25, 0.3) is 22.2 Å². The Morgan fingerprint density at radius 1 is 1.03 bits per heavy atom. The summed E-state index contributed by atoms with van der Waals surface area (Å²) in [7, 11) is 0. The summed E-state index contributed by atoms with van der Waals surface area (Å²) in [5.74, 6) is 0.814. The van der Waals surface area contributed by atoms with Crippen LogP contribution in [0.5, 0.6) is 0 Å². The van der Waals surface area contributed by atoms with E-state index >= 15 is 0 Å². The average molecular weight is 426 g/mol. The fraction of sp³-hybridized carbons (Fsp3) is 0.500. The number of H-pyrrole nitrogens is 1. The number of nitrogens with one attached hydrogen (secondary N) is 1. The first-order valence-corrected chi connectivity index (χ1v) is 11.4. The summed E-state index contributed by atoms with van der Waals surface area (Å²) < 4.78 is 26.1. The summed E-state index contributed by atoms with van der Waals surface area (Å²) in [5, 5.41) is 1.28. The standard InChI is InChI=1S/C26H33F2N3/c1-16(2)25-23-13-20(19-7-9-31(10-8-19)22(14-27)15-28)5-6-24(23)30-26(25)21-11-17(3)29-18(4)12-21/h5-6,11-13,16,19,22,30H,7-10,14-15H2,1-4H3. The molecule has 1 aliphatic heterocycles. The number of nitrogens with zero attached hydrogens (tertiary/aromatic N) is 2. The van der Waals surface area contributed by atoms with Crippen LogP contribution in [-0.2, 0) is 0 Å². The zero-order valence-electron chi connectivity index (χ0n) is 19.0. The quantitative estimate of drug-likeness (QED) is 0.492. The van der Waals surface area contributed by atoms with E-state index in [1.54, 1.807) is 0 Å². The third-order valence-corrected chi connectivity index (χ3v) is 6.68. The number of piperidine rings is 1. The van der Waals surface area contributed by atoms with E-state index in [9.17, 15) is 8.78 Å². The fourth-order valence-corrected chi connectivity index (χ4v) is 5.12. The molecule has 0 aliphatic carbocycles. The summed E-state index contributed by atoms with van der Waals surface area (Å²) in [6.45, 7) is 8.86. The summed E-state index contributed by atoms with van der Waals surface area (Å²) in [5.41, 5.74) is 8.24. The van der Waals surface area contributed by atoms with Gasteiger partial charge in [-0.25, -0.2) is 8.78 Å². The molecule has 0 bridgehead atoms. The Kier molecular flexibility index (Phi) is 6.42. The number of halogens is 2. The van der Waals surface area contributed by atoms with Crippen LogP contribution < -0.4 is 0 Å². The maximum atomic E-state index is 13.1. The van der Waals surface area contributed by atoms with Gasteiger partial charge in [-0.1, -0.05) is 19.9 Å². The second kappa shape index (κ2) is 9.07. The van der Waals surface area contributed by atoms with Gasteiger partial charge in [0.15, 0.2) is 0 Å². The molecule has 0 saturated carbocycles. The molecule has 0 atom stereocenters. The Labute approximate surface area is 183 Å². The van der Waals surface area contributed by atoms with Crippen molar-refractivity contribution in [1.29, 1.82) is 0 Å². The van der Waals surface area contributed by atoms with Gasteiger partial charge < -0.3 is 4.98 Å². The number of pyridine rings is 1. The molecule has 2 aromatic heterocycles. The highest BCUT2D eigenvalue weighted by molar-refractivity contribution is 5.92. The number of aryl methyl sites for hydroxylation is 2. The average Bonchev–Trinajstić information content (AvgIpc) is 3.13. The number of alkyl halides is 2. The maximum Gasteiger partial charge on any atom is 0.107 e. The minimum Gasteiger partial charge on any atom is -0.354 e. The monoisotopic (exact) mass is 425 g/mol. The predicted molar refractivity (Wildman–Crippen MR) is 124 cm³/mol. The lowest BCUT2D eigenvalue weighted by atomic mass is 9.87. The van der Waals surface area contributed by atoms with Crippen molar-refractivity contribution < 1.29 is 8.78 Å². The zero-order valence-corrected chi connectivity index (χ0v) is 19.0. The summed E-state index contributed by atoms with van der Waals surface area (Å²) in [4.78, 5) is 10.2. The summed E-state index contributed by atoms with van der Waals surface area (Å²) >= 11 is 0. The van der Waals surface area contributed by atoms with Gasteiger partial charge in [0, 0.05) is 27.9 Å². The van der Waals surface area contributed by atoms with Crippen molar-refractivity contribution in [3.63, 3.8) is 0 Å². The Morgan fingerprint density at radius 3 is 2.26 bits per heavy atom. The van der Waals surface area contributed by atoms with Gasteiger partial charge in [-0.2, -0.15) is 0 Å². The SMILES string of the molecule is Cc1cc(-c2[nH]c3ccc(C4CCN(C(CF)CF)CC4)cc3c2C(C)C)cc(C)n1. The molecule has 166 valence electrons. The maximum absolute atomic E-state index is 13.1. The van der Waals surface area contributed by atoms with Gasteiger partial charge in [0.1, 0.15) is 13.3 Å². The minimum atomic E-state index is -0.606. The van der Waals surface area contributed by atoms with Crippen molar-refractivity contribution in [2.75, 3.05) is 26.4 Å². The van der Waals surface area contributed by atoms with Gasteiger partial charge in [0.25, 0.3) is 0 Å². The first-order valence-electron chi connectivity index (χ1n) is 11.4. The Bertz CT molecular complexity index is 1020. The van der Waals surface area contributed by atoms with Crippen LogP contribution in [0.1, 0.15) is 61.0 Å². The first-order chi connectivity index (χ1) is 14.9. The van der Waals surface area contributed by atoms with Gasteiger partial charge >= 0.3 is 0 Å². The van der Waals surface area contributed by atoms with Crippen LogP contribution in [0.15, 0.2) is 30.3 Å². The lowest BCUT2D eigenvalue weighted by molar-refractivity contribution is 0.109. The first kappa shape index (κ1) is 21.9. The number of aromatic nitrogens is 2. The van der Waals surface area contributed by atoms with Crippen LogP contribution >= 0.6 is 0 Å². The van der Waals surface area contributed by atoms with E-state index in [2.05, 4.69) is 54.1 Å². The predicted octanol–water partition coefficient (Wildman–Crippen LogP) is 6.46. The van der Waals surface area contributed by atoms with Crippen LogP contribution in [0.4, 0.5) is 8.78 Å². The van der Waals surface area contributed by atoms with E-state index in [0.717, 1.165) is 42.8 Å². The number of hydrogen-bond acceptors (Lipinski definition) is 2. The third-order valence-electron chi connectivity index (χ3n) is 6.68. The van der Waals surface area contributed by atoms with E-state index in [1.165, 1.54) is 27.8 Å². The third kappa shape index (κ3) is 4.38. The molecule has 3 aromatic rings. The normalized spacial score (nSPS) is 16.1. The van der Waals surface area contributed by atoms with Crippen molar-refractivity contribution in [3.8, 4) is 11.3 Å². The Hall–Kier alpha value is -2.27. The van der Waals surface area contributed by atoms with Crippen LogP contribution in [0.3, 0.4) is 0 Å². The lowest BCUT2D eigenvalue weighted by Gasteiger charge is -2.35. The molecule has 0 unspecified atom stereocenters. The van der Waals surface area contributed by atoms with Gasteiger partial charge in [-0.05, 0) is 87.0 Å². The smallest absolute Gasteiger partial charge is 0.107 e. The largest absolute Gasteiger partial charge is 0.354 e. The molecule has 4 rings (SSSR count). The second-order valence-corrected chi connectivity index (χ2v) is 9.28. The lowest BCUT2D eigenvalue weighted by Crippen LogP contribution is -2.43. The van der Waals surface area contributed by atoms with Crippen molar-refractivity contribution in [3.05, 3.63) is 52.8 Å². The molecule has 3 heterocycles. The van der Waals surface area contributed by atoms with Crippen LogP contribution in [-0.4, -0.2) is 47.3 Å². The zero-order chi connectivity index (χ0) is 22.1. The molecular formula is C26H33F2N3. The molecule has 0 amide bonds. The second-order valence-electron chi connectivity index (χ2n) is 9.28. The molecule has 1 aliphatic rings. The molecule has 1 N–H and O–H groups in total. The molecular weight excluding hydrogens is 392 g/mol. The number of likely N-dealkylation sites (tertiary alicyclic amines) is 1. The molecule has 1 fully saturated rings. The number of rotatable bonds is 6. The minimum absolute atomic E-state index is 0.379. The highest BCUT2D eigenvalue weighted by Gasteiger charge is 2.26. The number of aromatic amines is 1. The molecule has 0 radical (unpaired) electrons. The van der Waals surface area contributed by atoms with E-state index in [1.807, 2.05) is 18.7 Å². The highest BCUT2D eigenvalue weighted by atomic mass is 19.1. The molecule has 31 heavy (non-hydrogen) atoms. The Morgan fingerprint density at radius 2 is 1.68 bits per heavy atom. The van der Waals surface area contributed by atoms with Crippen LogP contribution in [0.2, 0.25) is 0 Å². The van der Waals surface area contributed by atoms with Gasteiger partial charge in [-0.3, -0.25) is 9.88 Å². The van der Waals surface area contributed by atoms with Crippen molar-refractivity contribution in [1.82, 2.24) is 14.9 Å². The molecule has 5 heteroatoms. The topological polar surface area (TPSA) is 31.9 Å². The van der Waals surface area contributed by atoms with E-state index < -0.39 is 19.4 Å².